The molecule has 0 aromatic heterocycles. The largest absolute Gasteiger partial charge is 0.496 e. The number of hydrogen-bond acceptors (Lipinski definition) is 2. The first kappa shape index (κ1) is 17.0. The van der Waals surface area contributed by atoms with Gasteiger partial charge >= 0.3 is 0 Å². The molecule has 0 saturated heterocycles. The molecule has 1 unspecified atom stereocenters. The van der Waals surface area contributed by atoms with Crippen LogP contribution in [0.1, 0.15) is 70.4 Å². The fraction of sp³-hybridized carbons (Fsp3) is 0.667. The Kier molecular flexibility index (Phi) is 9.14. The van der Waals surface area contributed by atoms with E-state index in [4.69, 9.17) is 4.74 Å². The molecule has 0 aliphatic carbocycles. The van der Waals surface area contributed by atoms with E-state index in [1.807, 2.05) is 12.1 Å². The summed E-state index contributed by atoms with van der Waals surface area (Å²) in [5.41, 5.74) is 1.28. The molecular formula is C18H31NO. The van der Waals surface area contributed by atoms with Gasteiger partial charge < -0.3 is 10.1 Å². The summed E-state index contributed by atoms with van der Waals surface area (Å²) < 4.78 is 5.46. The number of benzene rings is 1. The van der Waals surface area contributed by atoms with Crippen LogP contribution in [0.5, 0.6) is 5.75 Å². The summed E-state index contributed by atoms with van der Waals surface area (Å²) in [7, 11) is 1.75. The van der Waals surface area contributed by atoms with Gasteiger partial charge in [-0.25, -0.2) is 0 Å². The molecule has 1 N–H and O–H groups in total. The van der Waals surface area contributed by atoms with Crippen molar-refractivity contribution in [3.05, 3.63) is 29.8 Å². The van der Waals surface area contributed by atoms with Gasteiger partial charge in [0.05, 0.1) is 7.11 Å². The van der Waals surface area contributed by atoms with E-state index in [1.54, 1.807) is 7.11 Å². The molecule has 0 saturated carbocycles. The number of hydrogen-bond donors (Lipinski definition) is 1. The molecule has 0 bridgehead atoms. The van der Waals surface area contributed by atoms with E-state index in [0.29, 0.717) is 6.04 Å². The Labute approximate surface area is 124 Å². The summed E-state index contributed by atoms with van der Waals surface area (Å²) in [6, 6.07) is 8.74. The third-order valence-corrected chi connectivity index (χ3v) is 3.84. The van der Waals surface area contributed by atoms with Gasteiger partial charge in [-0.1, -0.05) is 64.2 Å². The maximum absolute atomic E-state index is 5.46. The Hall–Kier alpha value is -1.02. The summed E-state index contributed by atoms with van der Waals surface area (Å²) >= 11 is 0. The average molecular weight is 277 g/mol. The predicted molar refractivity (Wildman–Crippen MR) is 87.4 cm³/mol. The second kappa shape index (κ2) is 10.7. The van der Waals surface area contributed by atoms with Gasteiger partial charge in [0, 0.05) is 11.6 Å². The van der Waals surface area contributed by atoms with Crippen LogP contribution in [0.15, 0.2) is 24.3 Å². The Balaban J connectivity index is 2.32. The summed E-state index contributed by atoms with van der Waals surface area (Å²) in [6.07, 6.45) is 9.18. The molecule has 1 aromatic carbocycles. The molecule has 1 atom stereocenters. The van der Waals surface area contributed by atoms with E-state index in [-0.39, 0.29) is 0 Å². The molecule has 2 nitrogen and oxygen atoms in total. The highest BCUT2D eigenvalue weighted by molar-refractivity contribution is 5.35. The highest BCUT2D eigenvalue weighted by Gasteiger charge is 2.12. The Morgan fingerprint density at radius 2 is 1.70 bits per heavy atom. The molecule has 1 rings (SSSR count). The van der Waals surface area contributed by atoms with Gasteiger partial charge in [0.2, 0.25) is 0 Å². The third kappa shape index (κ3) is 5.96. The minimum Gasteiger partial charge on any atom is -0.496 e. The molecule has 0 radical (unpaired) electrons. The van der Waals surface area contributed by atoms with Crippen LogP contribution in [0.4, 0.5) is 0 Å². The van der Waals surface area contributed by atoms with Crippen LogP contribution in [-0.2, 0) is 0 Å². The van der Waals surface area contributed by atoms with Gasteiger partial charge in [-0.15, -0.1) is 0 Å². The number of rotatable bonds is 11. The Morgan fingerprint density at radius 1 is 1.00 bits per heavy atom. The number of methoxy groups -OCH3 is 1. The third-order valence-electron chi connectivity index (χ3n) is 3.84. The lowest BCUT2D eigenvalue weighted by atomic mass is 10.0. The second-order valence-corrected chi connectivity index (χ2v) is 5.42. The van der Waals surface area contributed by atoms with E-state index < -0.39 is 0 Å². The minimum absolute atomic E-state index is 0.404. The number of ether oxygens (including phenoxy) is 1. The lowest BCUT2D eigenvalue weighted by molar-refractivity contribution is 0.395. The molecule has 0 spiro atoms. The summed E-state index contributed by atoms with van der Waals surface area (Å²) in [6.45, 7) is 5.59. The quantitative estimate of drug-likeness (QED) is 0.568. The molecule has 20 heavy (non-hydrogen) atoms. The molecule has 0 amide bonds. The van der Waals surface area contributed by atoms with Gasteiger partial charge in [0.1, 0.15) is 5.75 Å². The molecule has 0 fully saturated rings. The lowest BCUT2D eigenvalue weighted by Gasteiger charge is -2.20. The standard InChI is InChI=1S/C18H31NO/c1-4-6-7-8-9-12-15-19-17(5-2)16-13-10-11-14-18(16)20-3/h10-11,13-14,17,19H,4-9,12,15H2,1-3H3. The SMILES string of the molecule is CCCCCCCCNC(CC)c1ccccc1OC. The van der Waals surface area contributed by atoms with Gasteiger partial charge in [0.25, 0.3) is 0 Å². The summed E-state index contributed by atoms with van der Waals surface area (Å²) in [5.74, 6) is 0.995. The molecule has 0 aliphatic rings. The van der Waals surface area contributed by atoms with Gasteiger partial charge in [-0.05, 0) is 25.5 Å². The van der Waals surface area contributed by atoms with Crippen LogP contribution in [0.2, 0.25) is 0 Å². The Morgan fingerprint density at radius 3 is 2.40 bits per heavy atom. The second-order valence-electron chi connectivity index (χ2n) is 5.42. The van der Waals surface area contributed by atoms with Crippen LogP contribution in [-0.4, -0.2) is 13.7 Å². The van der Waals surface area contributed by atoms with Crippen molar-refractivity contribution in [2.45, 2.75) is 64.8 Å². The topological polar surface area (TPSA) is 21.3 Å². The first-order valence-corrected chi connectivity index (χ1v) is 8.19. The maximum atomic E-state index is 5.46. The zero-order valence-electron chi connectivity index (χ0n) is 13.5. The molecule has 2 heteroatoms. The molecule has 0 heterocycles. The number of unbranched alkanes of at least 4 members (excludes halogenated alkanes) is 5. The molecular weight excluding hydrogens is 246 g/mol. The van der Waals surface area contributed by atoms with Crippen molar-refractivity contribution in [2.24, 2.45) is 0 Å². The monoisotopic (exact) mass is 277 g/mol. The lowest BCUT2D eigenvalue weighted by Crippen LogP contribution is -2.22. The normalized spacial score (nSPS) is 12.3. The van der Waals surface area contributed by atoms with E-state index in [1.165, 1.54) is 44.1 Å². The van der Waals surface area contributed by atoms with Crippen LogP contribution in [0.3, 0.4) is 0 Å². The Bertz CT molecular complexity index is 351. The zero-order valence-corrected chi connectivity index (χ0v) is 13.5. The number of nitrogens with one attached hydrogen (secondary N) is 1. The fourth-order valence-electron chi connectivity index (χ4n) is 2.61. The van der Waals surface area contributed by atoms with E-state index in [9.17, 15) is 0 Å². The maximum Gasteiger partial charge on any atom is 0.123 e. The average Bonchev–Trinajstić information content (AvgIpc) is 2.50. The zero-order chi connectivity index (χ0) is 14.6. The van der Waals surface area contributed by atoms with Crippen LogP contribution in [0.25, 0.3) is 0 Å². The van der Waals surface area contributed by atoms with Gasteiger partial charge in [-0.3, -0.25) is 0 Å². The fourth-order valence-corrected chi connectivity index (χ4v) is 2.61. The number of para-hydroxylation sites is 1. The van der Waals surface area contributed by atoms with Gasteiger partial charge in [0.15, 0.2) is 0 Å². The van der Waals surface area contributed by atoms with Crippen LogP contribution in [0, 0.1) is 0 Å². The minimum atomic E-state index is 0.404. The van der Waals surface area contributed by atoms with Gasteiger partial charge in [-0.2, -0.15) is 0 Å². The highest BCUT2D eigenvalue weighted by atomic mass is 16.5. The van der Waals surface area contributed by atoms with Crippen molar-refractivity contribution in [2.75, 3.05) is 13.7 Å². The van der Waals surface area contributed by atoms with E-state index >= 15 is 0 Å². The first-order chi connectivity index (χ1) is 9.83. The molecule has 1 aromatic rings. The summed E-state index contributed by atoms with van der Waals surface area (Å²) in [4.78, 5) is 0. The summed E-state index contributed by atoms with van der Waals surface area (Å²) in [5, 5.41) is 3.67. The smallest absolute Gasteiger partial charge is 0.123 e. The van der Waals surface area contributed by atoms with Crippen LogP contribution < -0.4 is 10.1 Å². The first-order valence-electron chi connectivity index (χ1n) is 8.19. The van der Waals surface area contributed by atoms with Crippen molar-refractivity contribution in [1.29, 1.82) is 0 Å². The van der Waals surface area contributed by atoms with E-state index in [2.05, 4.69) is 31.3 Å². The van der Waals surface area contributed by atoms with Crippen molar-refractivity contribution < 1.29 is 4.74 Å². The van der Waals surface area contributed by atoms with Crippen LogP contribution >= 0.6 is 0 Å². The van der Waals surface area contributed by atoms with E-state index in [0.717, 1.165) is 18.7 Å². The molecule has 0 aliphatic heterocycles. The van der Waals surface area contributed by atoms with Crippen molar-refractivity contribution in [3.63, 3.8) is 0 Å². The van der Waals surface area contributed by atoms with Crippen molar-refractivity contribution in [1.82, 2.24) is 5.32 Å². The van der Waals surface area contributed by atoms with Crippen molar-refractivity contribution in [3.8, 4) is 5.75 Å². The van der Waals surface area contributed by atoms with Crippen molar-refractivity contribution >= 4 is 0 Å². The molecule has 114 valence electrons. The highest BCUT2D eigenvalue weighted by Crippen LogP contribution is 2.26. The predicted octanol–water partition coefficient (Wildman–Crippen LogP) is 5.10.